The Morgan fingerprint density at radius 1 is 1.22 bits per heavy atom. The molecule has 3 rings (SSSR count). The standard InChI is InChI=1S/C18H19ClF3N3O2/c1-11-14(12-2-4-13(19)5-3-12)15(17(26)24-6-8-27-9-7-24)25(10-23)16(11)18(20,21)22/h2-5H,6-10,23H2,1H3. The minimum absolute atomic E-state index is 0.0353. The SMILES string of the molecule is Cc1c(-c2ccc(Cl)cc2)c(C(=O)N2CCOCC2)n(CN)c1C(F)(F)F. The predicted molar refractivity (Wildman–Crippen MR) is 95.5 cm³/mol. The van der Waals surface area contributed by atoms with Gasteiger partial charge in [-0.25, -0.2) is 0 Å². The van der Waals surface area contributed by atoms with Gasteiger partial charge in [0.2, 0.25) is 0 Å². The molecule has 1 aliphatic heterocycles. The topological polar surface area (TPSA) is 60.5 Å². The lowest BCUT2D eigenvalue weighted by atomic mass is 10.00. The predicted octanol–water partition coefficient (Wildman–Crippen LogP) is 3.52. The van der Waals surface area contributed by atoms with Crippen molar-refractivity contribution in [1.82, 2.24) is 9.47 Å². The molecular formula is C18H19ClF3N3O2. The Kier molecular flexibility index (Phi) is 5.50. The Labute approximate surface area is 159 Å². The van der Waals surface area contributed by atoms with Gasteiger partial charge in [0.05, 0.1) is 19.9 Å². The summed E-state index contributed by atoms with van der Waals surface area (Å²) in [5, 5.41) is 0.451. The summed E-state index contributed by atoms with van der Waals surface area (Å²) in [6, 6.07) is 6.35. The summed E-state index contributed by atoms with van der Waals surface area (Å²) in [6.45, 7) is 2.21. The normalized spacial score (nSPS) is 15.3. The van der Waals surface area contributed by atoms with E-state index in [0.717, 1.165) is 4.57 Å². The lowest BCUT2D eigenvalue weighted by Gasteiger charge is -2.28. The van der Waals surface area contributed by atoms with Gasteiger partial charge >= 0.3 is 6.18 Å². The molecule has 0 radical (unpaired) electrons. The third-order valence-electron chi connectivity index (χ3n) is 4.59. The van der Waals surface area contributed by atoms with Crippen LogP contribution in [-0.4, -0.2) is 41.7 Å². The Morgan fingerprint density at radius 2 is 1.81 bits per heavy atom. The van der Waals surface area contributed by atoms with Crippen LogP contribution in [0, 0.1) is 6.92 Å². The van der Waals surface area contributed by atoms with Gasteiger partial charge in [-0.1, -0.05) is 23.7 Å². The molecule has 0 bridgehead atoms. The van der Waals surface area contributed by atoms with Crippen LogP contribution in [0.4, 0.5) is 13.2 Å². The van der Waals surface area contributed by atoms with E-state index in [1.165, 1.54) is 11.8 Å². The fourth-order valence-corrected chi connectivity index (χ4v) is 3.53. The first kappa shape index (κ1) is 19.7. The highest BCUT2D eigenvalue weighted by atomic mass is 35.5. The van der Waals surface area contributed by atoms with Gasteiger partial charge in [-0.2, -0.15) is 13.2 Å². The highest BCUT2D eigenvalue weighted by molar-refractivity contribution is 6.30. The summed E-state index contributed by atoms with van der Waals surface area (Å²) >= 11 is 5.91. The second-order valence-electron chi connectivity index (χ2n) is 6.22. The number of nitrogens with zero attached hydrogens (tertiary/aromatic N) is 2. The quantitative estimate of drug-likeness (QED) is 0.856. The number of ether oxygens (including phenoxy) is 1. The molecule has 2 aromatic rings. The number of halogens is 4. The van der Waals surface area contributed by atoms with Crippen LogP contribution in [0.3, 0.4) is 0 Å². The zero-order chi connectivity index (χ0) is 19.8. The van der Waals surface area contributed by atoms with Crippen LogP contribution in [0.1, 0.15) is 21.7 Å². The first-order valence-electron chi connectivity index (χ1n) is 8.39. The van der Waals surface area contributed by atoms with Gasteiger partial charge in [0, 0.05) is 23.7 Å². The first-order chi connectivity index (χ1) is 12.8. The van der Waals surface area contributed by atoms with E-state index in [0.29, 0.717) is 36.9 Å². The summed E-state index contributed by atoms with van der Waals surface area (Å²) < 4.78 is 47.3. The zero-order valence-corrected chi connectivity index (χ0v) is 15.4. The molecule has 9 heteroatoms. The number of hydrogen-bond acceptors (Lipinski definition) is 3. The van der Waals surface area contributed by atoms with E-state index in [1.54, 1.807) is 24.3 Å². The van der Waals surface area contributed by atoms with Gasteiger partial charge in [-0.15, -0.1) is 0 Å². The number of hydrogen-bond donors (Lipinski definition) is 1. The van der Waals surface area contributed by atoms with Crippen molar-refractivity contribution >= 4 is 17.5 Å². The lowest BCUT2D eigenvalue weighted by molar-refractivity contribution is -0.144. The Balaban J connectivity index is 2.25. The van der Waals surface area contributed by atoms with Gasteiger partial charge in [-0.3, -0.25) is 4.79 Å². The molecular weight excluding hydrogens is 383 g/mol. The molecule has 0 spiro atoms. The smallest absolute Gasteiger partial charge is 0.378 e. The van der Waals surface area contributed by atoms with Gasteiger partial charge < -0.3 is 19.9 Å². The van der Waals surface area contributed by atoms with Gasteiger partial charge in [0.25, 0.3) is 5.91 Å². The lowest BCUT2D eigenvalue weighted by Crippen LogP contribution is -2.42. The van der Waals surface area contributed by atoms with E-state index >= 15 is 0 Å². The maximum absolute atomic E-state index is 13.7. The van der Waals surface area contributed by atoms with Crippen LogP contribution in [0.2, 0.25) is 5.02 Å². The van der Waals surface area contributed by atoms with E-state index < -0.39 is 24.4 Å². The number of nitrogens with two attached hydrogens (primary N) is 1. The molecule has 1 aromatic heterocycles. The Hall–Kier alpha value is -2.03. The van der Waals surface area contributed by atoms with Crippen molar-refractivity contribution in [2.75, 3.05) is 26.3 Å². The maximum atomic E-state index is 13.7. The van der Waals surface area contributed by atoms with Crippen molar-refractivity contribution in [2.24, 2.45) is 5.73 Å². The third kappa shape index (κ3) is 3.69. The van der Waals surface area contributed by atoms with Crippen molar-refractivity contribution in [2.45, 2.75) is 19.8 Å². The van der Waals surface area contributed by atoms with Gasteiger partial charge in [-0.05, 0) is 30.2 Å². The number of morpholine rings is 1. The van der Waals surface area contributed by atoms with Gasteiger partial charge in [0.1, 0.15) is 11.4 Å². The maximum Gasteiger partial charge on any atom is 0.431 e. The highest BCUT2D eigenvalue weighted by Gasteiger charge is 2.41. The number of aromatic nitrogens is 1. The number of amides is 1. The van der Waals surface area contributed by atoms with E-state index in [1.807, 2.05) is 0 Å². The monoisotopic (exact) mass is 401 g/mol. The van der Waals surface area contributed by atoms with Crippen LogP contribution >= 0.6 is 11.6 Å². The van der Waals surface area contributed by atoms with Crippen molar-refractivity contribution in [3.05, 3.63) is 46.2 Å². The molecule has 146 valence electrons. The molecule has 2 N–H and O–H groups in total. The first-order valence-corrected chi connectivity index (χ1v) is 8.76. The highest BCUT2D eigenvalue weighted by Crippen LogP contribution is 2.41. The molecule has 0 saturated carbocycles. The molecule has 2 heterocycles. The van der Waals surface area contributed by atoms with E-state index in [9.17, 15) is 18.0 Å². The second kappa shape index (κ2) is 7.53. The molecule has 5 nitrogen and oxygen atoms in total. The number of rotatable bonds is 3. The molecule has 1 saturated heterocycles. The molecule has 1 amide bonds. The molecule has 27 heavy (non-hydrogen) atoms. The van der Waals surface area contributed by atoms with Gasteiger partial charge in [0.15, 0.2) is 0 Å². The summed E-state index contributed by atoms with van der Waals surface area (Å²) in [5.41, 5.74) is 5.34. The van der Waals surface area contributed by atoms with Crippen molar-refractivity contribution in [1.29, 1.82) is 0 Å². The summed E-state index contributed by atoms with van der Waals surface area (Å²) in [5.74, 6) is -0.493. The summed E-state index contributed by atoms with van der Waals surface area (Å²) in [4.78, 5) is 14.6. The molecule has 1 aromatic carbocycles. The van der Waals surface area contributed by atoms with Crippen LogP contribution in [-0.2, 0) is 17.6 Å². The van der Waals surface area contributed by atoms with Crippen molar-refractivity contribution in [3.63, 3.8) is 0 Å². The second-order valence-corrected chi connectivity index (χ2v) is 6.65. The molecule has 1 fully saturated rings. The Bertz CT molecular complexity index is 841. The van der Waals surface area contributed by atoms with Crippen LogP contribution in [0.15, 0.2) is 24.3 Å². The summed E-state index contributed by atoms with van der Waals surface area (Å²) in [7, 11) is 0. The largest absolute Gasteiger partial charge is 0.431 e. The van der Waals surface area contributed by atoms with Crippen LogP contribution < -0.4 is 5.73 Å². The van der Waals surface area contributed by atoms with E-state index in [-0.39, 0.29) is 16.8 Å². The Morgan fingerprint density at radius 3 is 2.33 bits per heavy atom. The number of benzene rings is 1. The minimum atomic E-state index is -4.64. The third-order valence-corrected chi connectivity index (χ3v) is 4.84. The van der Waals surface area contributed by atoms with Crippen LogP contribution in [0.25, 0.3) is 11.1 Å². The minimum Gasteiger partial charge on any atom is -0.378 e. The number of carbonyl (C=O) groups is 1. The number of carbonyl (C=O) groups excluding carboxylic acids is 1. The number of alkyl halides is 3. The molecule has 0 aliphatic carbocycles. The van der Waals surface area contributed by atoms with E-state index in [2.05, 4.69) is 0 Å². The molecule has 1 aliphatic rings. The summed E-state index contributed by atoms with van der Waals surface area (Å²) in [6.07, 6.45) is -4.64. The van der Waals surface area contributed by atoms with Crippen molar-refractivity contribution < 1.29 is 22.7 Å². The average Bonchev–Trinajstić information content (AvgIpc) is 2.95. The average molecular weight is 402 g/mol. The van der Waals surface area contributed by atoms with E-state index in [4.69, 9.17) is 22.1 Å². The van der Waals surface area contributed by atoms with Crippen molar-refractivity contribution in [3.8, 4) is 11.1 Å². The zero-order valence-electron chi connectivity index (χ0n) is 14.6. The van der Waals surface area contributed by atoms with Crippen LogP contribution in [0.5, 0.6) is 0 Å². The molecule has 0 atom stereocenters. The molecule has 0 unspecified atom stereocenters. The fourth-order valence-electron chi connectivity index (χ4n) is 3.40. The fraction of sp³-hybridized carbons (Fsp3) is 0.389.